The summed E-state index contributed by atoms with van der Waals surface area (Å²) in [5.41, 5.74) is 2.29. The van der Waals surface area contributed by atoms with Gasteiger partial charge in [0.2, 0.25) is 0 Å². The minimum absolute atomic E-state index is 0.234. The van der Waals surface area contributed by atoms with Gasteiger partial charge in [-0.05, 0) is 67.3 Å². The maximum Gasteiger partial charge on any atom is 0.328 e. The highest BCUT2D eigenvalue weighted by Gasteiger charge is 2.26. The Kier molecular flexibility index (Phi) is 11.6. The monoisotopic (exact) mass is 559 g/mol. The summed E-state index contributed by atoms with van der Waals surface area (Å²) in [6.45, 7) is 3.88. The third kappa shape index (κ3) is 9.92. The van der Waals surface area contributed by atoms with E-state index in [2.05, 4.69) is 29.0 Å². The van der Waals surface area contributed by atoms with E-state index in [0.717, 1.165) is 67.0 Å². The molecular formula is C28H34FN3O6S. The number of piperidine rings is 1. The van der Waals surface area contributed by atoms with Crippen molar-refractivity contribution in [3.8, 4) is 11.5 Å². The van der Waals surface area contributed by atoms with E-state index in [9.17, 15) is 14.0 Å². The highest BCUT2D eigenvalue weighted by molar-refractivity contribution is 8.13. The number of amidine groups is 1. The van der Waals surface area contributed by atoms with Crippen molar-refractivity contribution >= 4 is 34.6 Å². The van der Waals surface area contributed by atoms with Gasteiger partial charge in [-0.15, -0.1) is 0 Å². The number of rotatable bonds is 9. The number of fused-ring (bicyclic) bond motifs is 1. The van der Waals surface area contributed by atoms with Crippen LogP contribution < -0.4 is 9.47 Å². The molecule has 0 unspecified atom stereocenters. The Bertz CT molecular complexity index is 1150. The van der Waals surface area contributed by atoms with Crippen molar-refractivity contribution in [3.05, 3.63) is 66.0 Å². The Balaban J connectivity index is 0.000000459. The van der Waals surface area contributed by atoms with Crippen molar-refractivity contribution in [2.45, 2.75) is 31.1 Å². The van der Waals surface area contributed by atoms with E-state index in [0.29, 0.717) is 24.8 Å². The molecule has 2 aromatic carbocycles. The van der Waals surface area contributed by atoms with Crippen LogP contribution in [0.1, 0.15) is 24.8 Å². The zero-order valence-corrected chi connectivity index (χ0v) is 22.9. The first kappa shape index (κ1) is 30.0. The smallest absolute Gasteiger partial charge is 0.328 e. The number of nitrogens with zero attached hydrogens (tertiary/aromatic N) is 3. The summed E-state index contributed by atoms with van der Waals surface area (Å²) in [4.78, 5) is 28.9. The van der Waals surface area contributed by atoms with Crippen molar-refractivity contribution < 1.29 is 33.7 Å². The maximum absolute atomic E-state index is 12.9. The summed E-state index contributed by atoms with van der Waals surface area (Å²) in [5, 5.41) is 16.7. The summed E-state index contributed by atoms with van der Waals surface area (Å²) in [7, 11) is 3.88. The lowest BCUT2D eigenvalue weighted by Gasteiger charge is -2.38. The van der Waals surface area contributed by atoms with Crippen molar-refractivity contribution in [2.75, 3.05) is 40.4 Å². The van der Waals surface area contributed by atoms with Crippen molar-refractivity contribution in [1.29, 1.82) is 0 Å². The number of hydrogen-bond donors (Lipinski definition) is 2. The van der Waals surface area contributed by atoms with Crippen LogP contribution in [0.3, 0.4) is 0 Å². The predicted octanol–water partition coefficient (Wildman–Crippen LogP) is 4.65. The average molecular weight is 560 g/mol. The molecule has 11 heteroatoms. The highest BCUT2D eigenvalue weighted by Crippen LogP contribution is 2.35. The van der Waals surface area contributed by atoms with Crippen LogP contribution in [0.2, 0.25) is 0 Å². The van der Waals surface area contributed by atoms with Crippen LogP contribution in [0.25, 0.3) is 0 Å². The molecule has 0 aromatic heterocycles. The number of aliphatic imine (C=N–C) groups is 1. The van der Waals surface area contributed by atoms with Gasteiger partial charge in [0.15, 0.2) is 5.17 Å². The Morgan fingerprint density at radius 2 is 1.74 bits per heavy atom. The number of ether oxygens (including phenoxy) is 2. The zero-order chi connectivity index (χ0) is 28.2. The van der Waals surface area contributed by atoms with E-state index in [1.165, 1.54) is 17.7 Å². The zero-order valence-electron chi connectivity index (χ0n) is 22.1. The first-order valence-electron chi connectivity index (χ1n) is 12.6. The van der Waals surface area contributed by atoms with Crippen LogP contribution in [0.15, 0.2) is 59.6 Å². The van der Waals surface area contributed by atoms with Crippen LogP contribution >= 0.6 is 11.8 Å². The van der Waals surface area contributed by atoms with E-state index in [4.69, 9.17) is 24.7 Å². The lowest BCUT2D eigenvalue weighted by molar-refractivity contribution is -0.134. The van der Waals surface area contributed by atoms with Gasteiger partial charge in [-0.2, -0.15) is 0 Å². The Morgan fingerprint density at radius 1 is 1.10 bits per heavy atom. The molecule has 0 atom stereocenters. The van der Waals surface area contributed by atoms with Crippen molar-refractivity contribution in [1.82, 2.24) is 9.80 Å². The van der Waals surface area contributed by atoms with E-state index in [1.54, 1.807) is 19.2 Å². The molecule has 210 valence electrons. The summed E-state index contributed by atoms with van der Waals surface area (Å²) >= 11 is 1.81. The molecule has 2 aliphatic heterocycles. The summed E-state index contributed by atoms with van der Waals surface area (Å²) in [5.74, 6) is -0.195. The fraction of sp³-hybridized carbons (Fsp3) is 0.393. The van der Waals surface area contributed by atoms with Gasteiger partial charge in [0.05, 0.1) is 19.4 Å². The second-order valence-corrected chi connectivity index (χ2v) is 9.97. The van der Waals surface area contributed by atoms with Gasteiger partial charge >= 0.3 is 11.9 Å². The molecule has 39 heavy (non-hydrogen) atoms. The molecule has 0 spiro atoms. The first-order valence-corrected chi connectivity index (χ1v) is 13.6. The molecule has 4 rings (SSSR count). The lowest BCUT2D eigenvalue weighted by atomic mass is 10.0. The number of carbonyl (C=O) groups is 2. The molecule has 2 aliphatic rings. The van der Waals surface area contributed by atoms with Gasteiger partial charge in [0, 0.05) is 50.6 Å². The van der Waals surface area contributed by atoms with Crippen LogP contribution in [-0.4, -0.2) is 83.6 Å². The van der Waals surface area contributed by atoms with Crippen LogP contribution in [0.5, 0.6) is 11.5 Å². The fourth-order valence-corrected chi connectivity index (χ4v) is 5.24. The molecule has 2 heterocycles. The quantitative estimate of drug-likeness (QED) is 0.335. The van der Waals surface area contributed by atoms with Gasteiger partial charge in [0.25, 0.3) is 0 Å². The third-order valence-electron chi connectivity index (χ3n) is 6.34. The maximum atomic E-state index is 12.9. The first-order chi connectivity index (χ1) is 18.7. The van der Waals surface area contributed by atoms with Gasteiger partial charge < -0.3 is 29.5 Å². The number of benzene rings is 2. The number of halogens is 1. The molecular weight excluding hydrogens is 525 g/mol. The molecule has 0 bridgehead atoms. The Hall–Kier alpha value is -3.57. The van der Waals surface area contributed by atoms with E-state index in [-0.39, 0.29) is 5.82 Å². The second kappa shape index (κ2) is 15.1. The number of likely N-dealkylation sites (tertiary alicyclic amines) is 1. The second-order valence-electron chi connectivity index (χ2n) is 9.03. The number of carboxylic acid groups (broad SMARTS) is 2. The average Bonchev–Trinajstić information content (AvgIpc) is 2.95. The fourth-order valence-electron chi connectivity index (χ4n) is 4.21. The molecule has 0 amide bonds. The SMILES string of the molecule is COc1ccc2c(c1)CSC(N(C)C1CCN(CCCOc3ccc(F)cc3)CC1)=N2.O=C(O)C=CC(=O)O. The normalized spacial score (nSPS) is 15.5. The van der Waals surface area contributed by atoms with E-state index >= 15 is 0 Å². The molecule has 2 aromatic rings. The van der Waals surface area contributed by atoms with Crippen LogP contribution in [-0.2, 0) is 15.3 Å². The van der Waals surface area contributed by atoms with Gasteiger partial charge in [-0.1, -0.05) is 11.8 Å². The molecule has 1 saturated heterocycles. The Labute approximate surface area is 231 Å². The lowest BCUT2D eigenvalue weighted by Crippen LogP contribution is -2.45. The van der Waals surface area contributed by atoms with E-state index < -0.39 is 11.9 Å². The molecule has 0 radical (unpaired) electrons. The van der Waals surface area contributed by atoms with E-state index in [1.807, 2.05) is 17.8 Å². The number of aliphatic carboxylic acids is 2. The molecule has 1 fully saturated rings. The molecule has 2 N–H and O–H groups in total. The molecule has 9 nitrogen and oxygen atoms in total. The number of carboxylic acids is 2. The van der Waals surface area contributed by atoms with Crippen molar-refractivity contribution in [2.24, 2.45) is 4.99 Å². The standard InChI is InChI=1S/C24H30FN3O2S.C4H4O4/c1-27(24-26-23-9-8-22(29-2)16-18(23)17-31-24)20-10-13-28(14-11-20)12-3-15-30-21-6-4-19(25)5-7-21;5-3(6)1-2-4(7)8/h4-9,16,20H,3,10-15,17H2,1-2H3;1-2H,(H,5,6)(H,7,8). The number of hydrogen-bond acceptors (Lipinski definition) is 8. The number of methoxy groups -OCH3 is 1. The minimum Gasteiger partial charge on any atom is -0.497 e. The minimum atomic E-state index is -1.26. The molecule has 0 aliphatic carbocycles. The van der Waals surface area contributed by atoms with Gasteiger partial charge in [-0.3, -0.25) is 0 Å². The van der Waals surface area contributed by atoms with Crippen molar-refractivity contribution in [3.63, 3.8) is 0 Å². The summed E-state index contributed by atoms with van der Waals surface area (Å²) < 4.78 is 24.0. The van der Waals surface area contributed by atoms with Gasteiger partial charge in [-0.25, -0.2) is 19.0 Å². The topological polar surface area (TPSA) is 112 Å². The summed E-state index contributed by atoms with van der Waals surface area (Å²) in [6.07, 6.45) is 4.38. The third-order valence-corrected chi connectivity index (χ3v) is 7.43. The van der Waals surface area contributed by atoms with Gasteiger partial charge in [0.1, 0.15) is 17.3 Å². The van der Waals surface area contributed by atoms with Crippen LogP contribution in [0, 0.1) is 5.82 Å². The summed E-state index contributed by atoms with van der Waals surface area (Å²) in [6, 6.07) is 12.9. The highest BCUT2D eigenvalue weighted by atomic mass is 32.2. The predicted molar refractivity (Wildman–Crippen MR) is 150 cm³/mol. The Morgan fingerprint density at radius 3 is 2.36 bits per heavy atom. The largest absolute Gasteiger partial charge is 0.497 e. The number of thioether (sulfide) groups is 1. The molecule has 0 saturated carbocycles. The van der Waals surface area contributed by atoms with Crippen LogP contribution in [0.4, 0.5) is 10.1 Å².